The van der Waals surface area contributed by atoms with Crippen LogP contribution in [0, 0.1) is 0 Å². The van der Waals surface area contributed by atoms with Gasteiger partial charge in [0.1, 0.15) is 0 Å². The van der Waals surface area contributed by atoms with E-state index in [4.69, 9.17) is 0 Å². The second kappa shape index (κ2) is 7.19. The molecule has 1 aliphatic carbocycles. The van der Waals surface area contributed by atoms with Crippen molar-refractivity contribution in [3.05, 3.63) is 17.8 Å². The zero-order valence-corrected chi connectivity index (χ0v) is 11.9. The van der Waals surface area contributed by atoms with Crippen molar-refractivity contribution in [1.29, 1.82) is 0 Å². The average molecular weight is 278 g/mol. The van der Waals surface area contributed by atoms with Crippen molar-refractivity contribution < 1.29 is 9.90 Å². The molecule has 110 valence electrons. The van der Waals surface area contributed by atoms with Crippen LogP contribution in [0.4, 0.5) is 5.82 Å². The van der Waals surface area contributed by atoms with E-state index in [1.807, 2.05) is 6.07 Å². The third-order valence-corrected chi connectivity index (χ3v) is 3.76. The molecule has 20 heavy (non-hydrogen) atoms. The normalized spacial score (nSPS) is 15.9. The van der Waals surface area contributed by atoms with Crippen molar-refractivity contribution in [2.45, 2.75) is 38.1 Å². The third kappa shape index (κ3) is 3.45. The molecule has 0 spiro atoms. The lowest BCUT2D eigenvalue weighted by Gasteiger charge is -2.34. The summed E-state index contributed by atoms with van der Waals surface area (Å²) in [5, 5.41) is 19.9. The zero-order chi connectivity index (χ0) is 14.4. The van der Waals surface area contributed by atoms with E-state index in [0.29, 0.717) is 18.3 Å². The van der Waals surface area contributed by atoms with E-state index >= 15 is 0 Å². The van der Waals surface area contributed by atoms with Gasteiger partial charge in [0.05, 0.1) is 6.61 Å². The first kappa shape index (κ1) is 14.7. The van der Waals surface area contributed by atoms with Gasteiger partial charge < -0.3 is 15.3 Å². The first-order valence-electron chi connectivity index (χ1n) is 7.19. The van der Waals surface area contributed by atoms with Gasteiger partial charge in [0.25, 0.3) is 5.91 Å². The Kier molecular flexibility index (Phi) is 5.29. The Bertz CT molecular complexity index is 429. The molecule has 6 heteroatoms. The van der Waals surface area contributed by atoms with Crippen LogP contribution in [0.15, 0.2) is 12.1 Å². The van der Waals surface area contributed by atoms with Crippen LogP contribution in [0.1, 0.15) is 42.6 Å². The topological polar surface area (TPSA) is 78.4 Å². The fourth-order valence-corrected chi connectivity index (χ4v) is 2.71. The van der Waals surface area contributed by atoms with Crippen molar-refractivity contribution in [3.63, 3.8) is 0 Å². The number of hydrogen-bond donors (Lipinski definition) is 2. The molecule has 0 radical (unpaired) electrons. The van der Waals surface area contributed by atoms with E-state index < -0.39 is 0 Å². The Hall–Kier alpha value is -1.69. The minimum Gasteiger partial charge on any atom is -0.395 e. The van der Waals surface area contributed by atoms with E-state index in [1.54, 1.807) is 13.1 Å². The zero-order valence-electron chi connectivity index (χ0n) is 11.9. The molecule has 1 aromatic heterocycles. The van der Waals surface area contributed by atoms with Crippen molar-refractivity contribution in [1.82, 2.24) is 15.5 Å². The summed E-state index contributed by atoms with van der Waals surface area (Å²) in [7, 11) is 1.57. The number of aromatic nitrogens is 2. The predicted molar refractivity (Wildman–Crippen MR) is 76.7 cm³/mol. The molecule has 0 aliphatic heterocycles. The largest absolute Gasteiger partial charge is 0.395 e. The van der Waals surface area contributed by atoms with Crippen molar-refractivity contribution in [3.8, 4) is 0 Å². The summed E-state index contributed by atoms with van der Waals surface area (Å²) in [4.78, 5) is 13.6. The molecule has 1 saturated carbocycles. The fourth-order valence-electron chi connectivity index (χ4n) is 2.71. The molecule has 1 aromatic rings. The van der Waals surface area contributed by atoms with Gasteiger partial charge in [-0.1, -0.05) is 19.3 Å². The molecule has 2 rings (SSSR count). The second-order valence-electron chi connectivity index (χ2n) is 5.06. The van der Waals surface area contributed by atoms with Crippen LogP contribution in [0.5, 0.6) is 0 Å². The molecule has 1 heterocycles. The summed E-state index contributed by atoms with van der Waals surface area (Å²) < 4.78 is 0. The molecule has 6 nitrogen and oxygen atoms in total. The highest BCUT2D eigenvalue weighted by Gasteiger charge is 2.22. The number of nitrogens with zero attached hydrogens (tertiary/aromatic N) is 3. The van der Waals surface area contributed by atoms with Gasteiger partial charge in [0.15, 0.2) is 11.5 Å². The summed E-state index contributed by atoms with van der Waals surface area (Å²) >= 11 is 0. The molecule has 0 unspecified atom stereocenters. The average Bonchev–Trinajstić information content (AvgIpc) is 2.53. The van der Waals surface area contributed by atoms with Gasteiger partial charge in [-0.3, -0.25) is 4.79 Å². The van der Waals surface area contributed by atoms with Crippen molar-refractivity contribution in [2.24, 2.45) is 0 Å². The van der Waals surface area contributed by atoms with Gasteiger partial charge in [-0.25, -0.2) is 0 Å². The smallest absolute Gasteiger partial charge is 0.271 e. The van der Waals surface area contributed by atoms with Crippen LogP contribution >= 0.6 is 0 Å². The lowest BCUT2D eigenvalue weighted by atomic mass is 9.94. The first-order valence-corrected chi connectivity index (χ1v) is 7.19. The van der Waals surface area contributed by atoms with Crippen LogP contribution in [-0.4, -0.2) is 47.5 Å². The van der Waals surface area contributed by atoms with Gasteiger partial charge >= 0.3 is 0 Å². The minimum absolute atomic E-state index is 0.0926. The van der Waals surface area contributed by atoms with Crippen LogP contribution in [0.2, 0.25) is 0 Å². The minimum atomic E-state index is -0.240. The van der Waals surface area contributed by atoms with E-state index in [2.05, 4.69) is 20.4 Å². The van der Waals surface area contributed by atoms with Gasteiger partial charge in [0, 0.05) is 19.6 Å². The predicted octanol–water partition coefficient (Wildman–Crippen LogP) is 0.968. The van der Waals surface area contributed by atoms with Gasteiger partial charge in [-0.05, 0) is 25.0 Å². The van der Waals surface area contributed by atoms with Crippen LogP contribution < -0.4 is 10.2 Å². The van der Waals surface area contributed by atoms with Gasteiger partial charge in [-0.15, -0.1) is 10.2 Å². The summed E-state index contributed by atoms with van der Waals surface area (Å²) in [6.45, 7) is 0.647. The number of rotatable bonds is 5. The number of carbonyl (C=O) groups is 1. The Balaban J connectivity index is 2.13. The Morgan fingerprint density at radius 2 is 2.10 bits per heavy atom. The molecule has 0 atom stereocenters. The van der Waals surface area contributed by atoms with E-state index in [0.717, 1.165) is 18.7 Å². The number of nitrogens with one attached hydrogen (secondary N) is 1. The molecule has 1 amide bonds. The summed E-state index contributed by atoms with van der Waals surface area (Å²) in [5.74, 6) is 0.494. The standard InChI is InChI=1S/C14H22N4O2/c1-15-14(20)12-7-8-13(17-16-12)18(9-10-19)11-5-3-2-4-6-11/h7-8,11,19H,2-6,9-10H2,1H3,(H,15,20). The number of carbonyl (C=O) groups excluding carboxylic acids is 1. The quantitative estimate of drug-likeness (QED) is 0.839. The fraction of sp³-hybridized carbons (Fsp3) is 0.643. The lowest BCUT2D eigenvalue weighted by Crippen LogP contribution is -2.39. The van der Waals surface area contributed by atoms with E-state index in [1.165, 1.54) is 19.3 Å². The Labute approximate surface area is 119 Å². The maximum Gasteiger partial charge on any atom is 0.271 e. The lowest BCUT2D eigenvalue weighted by molar-refractivity contribution is 0.0957. The Morgan fingerprint density at radius 3 is 2.65 bits per heavy atom. The first-order chi connectivity index (χ1) is 9.76. The molecule has 0 bridgehead atoms. The Morgan fingerprint density at radius 1 is 1.35 bits per heavy atom. The summed E-state index contributed by atoms with van der Waals surface area (Å²) in [5.41, 5.74) is 0.309. The highest BCUT2D eigenvalue weighted by molar-refractivity contribution is 5.91. The summed E-state index contributed by atoms with van der Waals surface area (Å²) in [6, 6.07) is 3.90. The molecule has 0 saturated heterocycles. The van der Waals surface area contributed by atoms with E-state index in [-0.39, 0.29) is 12.5 Å². The molecular weight excluding hydrogens is 256 g/mol. The number of anilines is 1. The molecule has 1 aliphatic rings. The maximum absolute atomic E-state index is 11.5. The molecule has 0 aromatic carbocycles. The van der Waals surface area contributed by atoms with Gasteiger partial charge in [0.2, 0.25) is 0 Å². The number of aliphatic hydroxyl groups excluding tert-OH is 1. The second-order valence-corrected chi connectivity index (χ2v) is 5.06. The third-order valence-electron chi connectivity index (χ3n) is 3.76. The van der Waals surface area contributed by atoms with Crippen LogP contribution in [0.25, 0.3) is 0 Å². The van der Waals surface area contributed by atoms with Gasteiger partial charge in [-0.2, -0.15) is 0 Å². The van der Waals surface area contributed by atoms with Crippen LogP contribution in [0.3, 0.4) is 0 Å². The highest BCUT2D eigenvalue weighted by atomic mass is 16.3. The number of aliphatic hydroxyl groups is 1. The monoisotopic (exact) mass is 278 g/mol. The van der Waals surface area contributed by atoms with E-state index in [9.17, 15) is 9.90 Å². The van der Waals surface area contributed by atoms with Crippen LogP contribution in [-0.2, 0) is 0 Å². The van der Waals surface area contributed by atoms with Crippen molar-refractivity contribution >= 4 is 11.7 Å². The number of hydrogen-bond acceptors (Lipinski definition) is 5. The SMILES string of the molecule is CNC(=O)c1ccc(N(CCO)C2CCCCC2)nn1. The molecule has 1 fully saturated rings. The summed E-state index contributed by atoms with van der Waals surface area (Å²) in [6.07, 6.45) is 5.97. The molecular formula is C14H22N4O2. The highest BCUT2D eigenvalue weighted by Crippen LogP contribution is 2.25. The maximum atomic E-state index is 11.5. The number of amides is 1. The van der Waals surface area contributed by atoms with Crippen molar-refractivity contribution in [2.75, 3.05) is 25.1 Å². The molecule has 2 N–H and O–H groups in total.